The average molecular weight is 272 g/mol. The van der Waals surface area contributed by atoms with E-state index in [1.54, 1.807) is 25.4 Å². The summed E-state index contributed by atoms with van der Waals surface area (Å²) in [6, 6.07) is 7.53. The first-order valence-corrected chi connectivity index (χ1v) is 6.58. The van der Waals surface area contributed by atoms with E-state index in [0.717, 1.165) is 24.2 Å². The number of ether oxygens (including phenoxy) is 1. The number of nitrogens with one attached hydrogen (secondary N) is 1. The molecule has 0 saturated heterocycles. The fraction of sp³-hybridized carbons (Fsp3) is 0.357. The zero-order valence-electron chi connectivity index (χ0n) is 11.2. The Labute approximate surface area is 116 Å². The van der Waals surface area contributed by atoms with E-state index in [9.17, 15) is 4.79 Å². The van der Waals surface area contributed by atoms with Crippen LogP contribution in [0, 0.1) is 0 Å². The smallest absolute Gasteiger partial charge is 0.269 e. The van der Waals surface area contributed by atoms with Crippen LogP contribution in [0.1, 0.15) is 18.5 Å². The Morgan fingerprint density at radius 3 is 3.00 bits per heavy atom. The van der Waals surface area contributed by atoms with Gasteiger partial charge in [0.2, 0.25) is 5.88 Å². The van der Waals surface area contributed by atoms with Crippen LogP contribution in [0.2, 0.25) is 0 Å². The number of methoxy groups -OCH3 is 1. The highest BCUT2D eigenvalue weighted by Gasteiger charge is 2.21. The molecule has 0 aliphatic heterocycles. The van der Waals surface area contributed by atoms with Crippen molar-refractivity contribution in [2.24, 2.45) is 0 Å². The van der Waals surface area contributed by atoms with Crippen molar-refractivity contribution in [3.63, 3.8) is 0 Å². The fourth-order valence-corrected chi connectivity index (χ4v) is 1.91. The Balaban J connectivity index is 1.77. The van der Waals surface area contributed by atoms with Gasteiger partial charge in [0.05, 0.1) is 31.2 Å². The number of aromatic nitrogens is 3. The maximum absolute atomic E-state index is 12.0. The number of anilines is 1. The molecule has 0 radical (unpaired) electrons. The monoisotopic (exact) mass is 272 g/mol. The first-order valence-electron chi connectivity index (χ1n) is 6.58. The zero-order valence-corrected chi connectivity index (χ0v) is 11.2. The second-order valence-corrected chi connectivity index (χ2v) is 4.83. The lowest BCUT2D eigenvalue weighted by atomic mass is 10.3. The molecule has 6 heteroatoms. The highest BCUT2D eigenvalue weighted by atomic mass is 16.5. The van der Waals surface area contributed by atoms with Gasteiger partial charge in [0.15, 0.2) is 0 Å². The van der Waals surface area contributed by atoms with E-state index in [4.69, 9.17) is 4.74 Å². The van der Waals surface area contributed by atoms with E-state index >= 15 is 0 Å². The molecule has 2 aromatic rings. The summed E-state index contributed by atoms with van der Waals surface area (Å²) in [6.45, 7) is 0.333. The van der Waals surface area contributed by atoms with Crippen molar-refractivity contribution in [1.29, 1.82) is 0 Å². The predicted molar refractivity (Wildman–Crippen MR) is 75.0 cm³/mol. The first kappa shape index (κ1) is 12.7. The third-order valence-corrected chi connectivity index (χ3v) is 3.12. The second kappa shape index (κ2) is 5.32. The molecule has 6 nitrogen and oxygen atoms in total. The maximum Gasteiger partial charge on any atom is 0.269 e. The summed E-state index contributed by atoms with van der Waals surface area (Å²) in [7, 11) is 1.56. The van der Waals surface area contributed by atoms with Crippen LogP contribution in [0.25, 0.3) is 0 Å². The molecule has 1 aliphatic rings. The Morgan fingerprint density at radius 1 is 1.45 bits per heavy atom. The van der Waals surface area contributed by atoms with Crippen LogP contribution in [-0.2, 0) is 6.54 Å². The van der Waals surface area contributed by atoms with E-state index in [2.05, 4.69) is 15.4 Å². The molecule has 20 heavy (non-hydrogen) atoms. The molecule has 1 fully saturated rings. The Bertz CT molecular complexity index is 664. The van der Waals surface area contributed by atoms with Crippen molar-refractivity contribution in [3.05, 3.63) is 46.5 Å². The minimum atomic E-state index is -0.139. The third kappa shape index (κ3) is 2.96. The van der Waals surface area contributed by atoms with Crippen LogP contribution >= 0.6 is 0 Å². The molecular weight excluding hydrogens is 256 g/mol. The standard InChI is InChI=1S/C14H16N4O2/c1-20-13-4-2-3-11(17-13)9-18-14(19)7-12(8-15-18)16-10-5-6-10/h2-4,7-8,10,16H,5-6,9H2,1H3. The molecule has 0 spiro atoms. The van der Waals surface area contributed by atoms with Crippen molar-refractivity contribution < 1.29 is 4.74 Å². The van der Waals surface area contributed by atoms with Crippen molar-refractivity contribution in [2.45, 2.75) is 25.4 Å². The topological polar surface area (TPSA) is 69.0 Å². The van der Waals surface area contributed by atoms with E-state index in [1.165, 1.54) is 4.68 Å². The first-order chi connectivity index (χ1) is 9.74. The van der Waals surface area contributed by atoms with Gasteiger partial charge in [-0.25, -0.2) is 9.67 Å². The normalized spacial score (nSPS) is 14.1. The van der Waals surface area contributed by atoms with Crippen LogP contribution in [0.4, 0.5) is 5.69 Å². The molecule has 0 unspecified atom stereocenters. The summed E-state index contributed by atoms with van der Waals surface area (Å²) in [5.41, 5.74) is 1.38. The molecule has 1 saturated carbocycles. The summed E-state index contributed by atoms with van der Waals surface area (Å²) in [5, 5.41) is 7.43. The summed E-state index contributed by atoms with van der Waals surface area (Å²) in [5.74, 6) is 0.530. The van der Waals surface area contributed by atoms with Crippen LogP contribution in [0.3, 0.4) is 0 Å². The fourth-order valence-electron chi connectivity index (χ4n) is 1.91. The lowest BCUT2D eigenvalue weighted by molar-refractivity contribution is 0.395. The van der Waals surface area contributed by atoms with Gasteiger partial charge in [0.25, 0.3) is 5.56 Å². The summed E-state index contributed by atoms with van der Waals surface area (Å²) >= 11 is 0. The van der Waals surface area contributed by atoms with E-state index < -0.39 is 0 Å². The third-order valence-electron chi connectivity index (χ3n) is 3.12. The molecule has 1 N–H and O–H groups in total. The molecule has 0 atom stereocenters. The van der Waals surface area contributed by atoms with Crippen LogP contribution < -0.4 is 15.6 Å². The van der Waals surface area contributed by atoms with Gasteiger partial charge in [-0.05, 0) is 18.9 Å². The quantitative estimate of drug-likeness (QED) is 0.887. The van der Waals surface area contributed by atoms with Crippen molar-refractivity contribution >= 4 is 5.69 Å². The van der Waals surface area contributed by atoms with Gasteiger partial charge in [-0.1, -0.05) is 6.07 Å². The van der Waals surface area contributed by atoms with Gasteiger partial charge in [0, 0.05) is 18.2 Å². The van der Waals surface area contributed by atoms with E-state index in [0.29, 0.717) is 18.5 Å². The molecule has 0 aromatic carbocycles. The molecule has 104 valence electrons. The Hall–Kier alpha value is -2.37. The minimum absolute atomic E-state index is 0.139. The molecular formula is C14H16N4O2. The van der Waals surface area contributed by atoms with Crippen LogP contribution in [0.5, 0.6) is 5.88 Å². The van der Waals surface area contributed by atoms with Crippen molar-refractivity contribution in [3.8, 4) is 5.88 Å². The lowest BCUT2D eigenvalue weighted by Gasteiger charge is -2.07. The van der Waals surface area contributed by atoms with Gasteiger partial charge in [-0.15, -0.1) is 0 Å². The summed E-state index contributed by atoms with van der Waals surface area (Å²) < 4.78 is 6.45. The molecule has 2 aromatic heterocycles. The van der Waals surface area contributed by atoms with Crippen LogP contribution in [-0.4, -0.2) is 27.9 Å². The molecule has 1 aliphatic carbocycles. The van der Waals surface area contributed by atoms with E-state index in [1.807, 2.05) is 12.1 Å². The van der Waals surface area contributed by atoms with Gasteiger partial charge >= 0.3 is 0 Å². The number of pyridine rings is 1. The second-order valence-electron chi connectivity index (χ2n) is 4.83. The number of rotatable bonds is 5. The average Bonchev–Trinajstić information content (AvgIpc) is 3.26. The van der Waals surface area contributed by atoms with Gasteiger partial charge in [0.1, 0.15) is 0 Å². The van der Waals surface area contributed by atoms with Crippen molar-refractivity contribution in [1.82, 2.24) is 14.8 Å². The highest BCUT2D eigenvalue weighted by Crippen LogP contribution is 2.23. The van der Waals surface area contributed by atoms with E-state index in [-0.39, 0.29) is 5.56 Å². The maximum atomic E-state index is 12.0. The number of hydrogen-bond donors (Lipinski definition) is 1. The van der Waals surface area contributed by atoms with Gasteiger partial charge in [-0.3, -0.25) is 4.79 Å². The van der Waals surface area contributed by atoms with Gasteiger partial charge in [-0.2, -0.15) is 5.10 Å². The molecule has 0 bridgehead atoms. The number of nitrogens with zero attached hydrogens (tertiary/aromatic N) is 3. The summed E-state index contributed by atoms with van der Waals surface area (Å²) in [4.78, 5) is 16.3. The predicted octanol–water partition coefficient (Wildman–Crippen LogP) is 1.27. The highest BCUT2D eigenvalue weighted by molar-refractivity contribution is 5.41. The summed E-state index contributed by atoms with van der Waals surface area (Å²) in [6.07, 6.45) is 4.01. The Morgan fingerprint density at radius 2 is 2.30 bits per heavy atom. The Kier molecular flexibility index (Phi) is 3.37. The largest absolute Gasteiger partial charge is 0.481 e. The lowest BCUT2D eigenvalue weighted by Crippen LogP contribution is -2.23. The van der Waals surface area contributed by atoms with Crippen molar-refractivity contribution in [2.75, 3.05) is 12.4 Å². The molecule has 3 rings (SSSR count). The van der Waals surface area contributed by atoms with Gasteiger partial charge < -0.3 is 10.1 Å². The van der Waals surface area contributed by atoms with Crippen LogP contribution in [0.15, 0.2) is 35.3 Å². The minimum Gasteiger partial charge on any atom is -0.481 e. The molecule has 2 heterocycles. The SMILES string of the molecule is COc1cccc(Cn2ncc(NC3CC3)cc2=O)n1. The number of hydrogen-bond acceptors (Lipinski definition) is 5. The zero-order chi connectivity index (χ0) is 13.9. The molecule has 0 amide bonds.